The minimum absolute atomic E-state index is 0.0570. The van der Waals surface area contributed by atoms with Gasteiger partial charge in [-0.3, -0.25) is 14.3 Å². The zero-order chi connectivity index (χ0) is 15.2. The van der Waals surface area contributed by atoms with Crippen LogP contribution in [0.15, 0.2) is 6.20 Å². The molecule has 0 spiro atoms. The van der Waals surface area contributed by atoms with Crippen LogP contribution in [0.1, 0.15) is 10.5 Å². The van der Waals surface area contributed by atoms with Crippen LogP contribution in [-0.4, -0.2) is 83.0 Å². The zero-order valence-corrected chi connectivity index (χ0v) is 12.1. The number of aromatic nitrogens is 3. The Kier molecular flexibility index (Phi) is 5.23. The highest BCUT2D eigenvalue weighted by molar-refractivity contribution is 5.92. The molecule has 116 valence electrons. The summed E-state index contributed by atoms with van der Waals surface area (Å²) in [6, 6.07) is 0. The lowest BCUT2D eigenvalue weighted by Crippen LogP contribution is -2.51. The molecule has 1 fully saturated rings. The minimum Gasteiger partial charge on any atom is -0.375 e. The summed E-state index contributed by atoms with van der Waals surface area (Å²) in [5.74, 6) is -0.226. The molecular formula is C12H20N6O3. The van der Waals surface area contributed by atoms with E-state index >= 15 is 0 Å². The molecule has 1 aliphatic rings. The summed E-state index contributed by atoms with van der Waals surface area (Å²) < 4.78 is 6.37. The summed E-state index contributed by atoms with van der Waals surface area (Å²) in [6.45, 7) is 3.02. The van der Waals surface area contributed by atoms with Gasteiger partial charge in [-0.2, -0.15) is 0 Å². The van der Waals surface area contributed by atoms with E-state index in [9.17, 15) is 9.59 Å². The van der Waals surface area contributed by atoms with E-state index in [0.717, 1.165) is 0 Å². The van der Waals surface area contributed by atoms with Crippen molar-refractivity contribution in [1.29, 1.82) is 0 Å². The second-order valence-electron chi connectivity index (χ2n) is 4.76. The fourth-order valence-corrected chi connectivity index (χ4v) is 2.17. The highest BCUT2D eigenvalue weighted by atomic mass is 16.5. The molecule has 9 nitrogen and oxygen atoms in total. The number of piperazine rings is 1. The third-order valence-corrected chi connectivity index (χ3v) is 3.30. The number of carbonyl (C=O) groups excluding carboxylic acids is 2. The topological polar surface area (TPSA) is 107 Å². The Morgan fingerprint density at radius 1 is 1.29 bits per heavy atom. The fraction of sp³-hybridized carbons (Fsp3) is 0.667. The van der Waals surface area contributed by atoms with E-state index in [1.807, 2.05) is 0 Å². The number of amides is 2. The van der Waals surface area contributed by atoms with Crippen molar-refractivity contribution in [3.8, 4) is 0 Å². The fourth-order valence-electron chi connectivity index (χ4n) is 2.17. The number of nitrogens with zero attached hydrogens (tertiary/aromatic N) is 5. The van der Waals surface area contributed by atoms with Crippen molar-refractivity contribution in [1.82, 2.24) is 24.8 Å². The van der Waals surface area contributed by atoms with Crippen molar-refractivity contribution < 1.29 is 14.3 Å². The molecule has 21 heavy (non-hydrogen) atoms. The molecule has 1 aliphatic heterocycles. The largest absolute Gasteiger partial charge is 0.375 e. The number of rotatable bonds is 5. The van der Waals surface area contributed by atoms with Crippen LogP contribution >= 0.6 is 0 Å². The van der Waals surface area contributed by atoms with E-state index in [0.29, 0.717) is 45.0 Å². The lowest BCUT2D eigenvalue weighted by molar-refractivity contribution is -0.136. The average molecular weight is 296 g/mol. The summed E-state index contributed by atoms with van der Waals surface area (Å²) in [4.78, 5) is 27.3. The van der Waals surface area contributed by atoms with Gasteiger partial charge in [0.25, 0.3) is 5.91 Å². The first kappa shape index (κ1) is 15.4. The van der Waals surface area contributed by atoms with Crippen molar-refractivity contribution in [3.05, 3.63) is 11.9 Å². The molecule has 0 atom stereocenters. The number of ether oxygens (including phenoxy) is 1. The van der Waals surface area contributed by atoms with Gasteiger partial charge in [-0.25, -0.2) is 0 Å². The Bertz CT molecular complexity index is 495. The van der Waals surface area contributed by atoms with Gasteiger partial charge in [-0.1, -0.05) is 5.21 Å². The van der Waals surface area contributed by atoms with Crippen LogP contribution in [-0.2, 0) is 16.1 Å². The van der Waals surface area contributed by atoms with Crippen LogP contribution in [0.2, 0.25) is 0 Å². The second-order valence-corrected chi connectivity index (χ2v) is 4.76. The molecule has 1 aromatic heterocycles. The maximum absolute atomic E-state index is 12.3. The quantitative estimate of drug-likeness (QED) is 0.685. The Hall–Kier alpha value is -2.00. The molecule has 2 amide bonds. The van der Waals surface area contributed by atoms with Crippen molar-refractivity contribution in [2.24, 2.45) is 5.73 Å². The third kappa shape index (κ3) is 3.76. The van der Waals surface area contributed by atoms with Gasteiger partial charge in [0.2, 0.25) is 5.91 Å². The Balaban J connectivity index is 1.89. The molecule has 2 N–H and O–H groups in total. The van der Waals surface area contributed by atoms with E-state index in [1.165, 1.54) is 7.11 Å². The van der Waals surface area contributed by atoms with Gasteiger partial charge < -0.3 is 20.3 Å². The predicted molar refractivity (Wildman–Crippen MR) is 73.4 cm³/mol. The minimum atomic E-state index is -0.169. The summed E-state index contributed by atoms with van der Waals surface area (Å²) in [6.07, 6.45) is 1.59. The first-order valence-electron chi connectivity index (χ1n) is 6.82. The van der Waals surface area contributed by atoms with Gasteiger partial charge in [-0.05, 0) is 0 Å². The van der Waals surface area contributed by atoms with Gasteiger partial charge in [0.05, 0.1) is 12.7 Å². The molecule has 0 aromatic carbocycles. The third-order valence-electron chi connectivity index (χ3n) is 3.30. The van der Waals surface area contributed by atoms with E-state index in [-0.39, 0.29) is 18.4 Å². The SMILES string of the molecule is COCC(=O)N1CCN(C(=O)c2cn(CCN)nn2)CC1. The van der Waals surface area contributed by atoms with Crippen molar-refractivity contribution in [3.63, 3.8) is 0 Å². The van der Waals surface area contributed by atoms with Gasteiger partial charge >= 0.3 is 0 Å². The molecule has 2 rings (SSSR count). The number of hydrogen-bond acceptors (Lipinski definition) is 6. The molecule has 0 unspecified atom stereocenters. The van der Waals surface area contributed by atoms with Crippen LogP contribution in [0.4, 0.5) is 0 Å². The van der Waals surface area contributed by atoms with Gasteiger partial charge in [0, 0.05) is 39.8 Å². The van der Waals surface area contributed by atoms with Crippen molar-refractivity contribution >= 4 is 11.8 Å². The number of hydrogen-bond donors (Lipinski definition) is 1. The lowest BCUT2D eigenvalue weighted by atomic mass is 10.3. The lowest BCUT2D eigenvalue weighted by Gasteiger charge is -2.34. The number of methoxy groups -OCH3 is 1. The van der Waals surface area contributed by atoms with Gasteiger partial charge in [0.15, 0.2) is 5.69 Å². The van der Waals surface area contributed by atoms with E-state index in [4.69, 9.17) is 10.5 Å². The molecule has 0 aliphatic carbocycles. The average Bonchev–Trinajstić information content (AvgIpc) is 2.96. The number of nitrogens with two attached hydrogens (primary N) is 1. The van der Waals surface area contributed by atoms with Crippen LogP contribution in [0.3, 0.4) is 0 Å². The Morgan fingerprint density at radius 2 is 1.95 bits per heavy atom. The summed E-state index contributed by atoms with van der Waals surface area (Å²) >= 11 is 0. The zero-order valence-electron chi connectivity index (χ0n) is 12.1. The van der Waals surface area contributed by atoms with Crippen molar-refractivity contribution in [2.75, 3.05) is 46.4 Å². The highest BCUT2D eigenvalue weighted by Crippen LogP contribution is 2.07. The monoisotopic (exact) mass is 296 g/mol. The Labute approximate surface area is 122 Å². The molecule has 0 saturated carbocycles. The smallest absolute Gasteiger partial charge is 0.276 e. The normalized spacial score (nSPS) is 15.3. The van der Waals surface area contributed by atoms with Crippen LogP contribution in [0.25, 0.3) is 0 Å². The van der Waals surface area contributed by atoms with E-state index < -0.39 is 0 Å². The molecule has 2 heterocycles. The predicted octanol–water partition coefficient (Wildman–Crippen LogP) is -1.83. The molecule has 0 radical (unpaired) electrons. The number of carbonyl (C=O) groups is 2. The van der Waals surface area contributed by atoms with Crippen molar-refractivity contribution in [2.45, 2.75) is 6.54 Å². The Morgan fingerprint density at radius 3 is 2.57 bits per heavy atom. The second kappa shape index (κ2) is 7.14. The standard InChI is InChI=1S/C12H20N6O3/c1-21-9-11(19)16-4-6-17(7-5-16)12(20)10-8-18(3-2-13)15-14-10/h8H,2-7,9,13H2,1H3. The van der Waals surface area contributed by atoms with Crippen LogP contribution in [0, 0.1) is 0 Å². The molecule has 0 bridgehead atoms. The summed E-state index contributed by atoms with van der Waals surface area (Å²) in [5, 5.41) is 7.71. The maximum Gasteiger partial charge on any atom is 0.276 e. The maximum atomic E-state index is 12.3. The van der Waals surface area contributed by atoms with E-state index in [2.05, 4.69) is 10.3 Å². The summed E-state index contributed by atoms with van der Waals surface area (Å²) in [7, 11) is 1.49. The first-order chi connectivity index (χ1) is 10.2. The van der Waals surface area contributed by atoms with Crippen LogP contribution < -0.4 is 5.73 Å². The van der Waals surface area contributed by atoms with Gasteiger partial charge in [0.1, 0.15) is 6.61 Å². The molecule has 9 heteroatoms. The first-order valence-corrected chi connectivity index (χ1v) is 6.82. The highest BCUT2D eigenvalue weighted by Gasteiger charge is 2.26. The molecule has 1 aromatic rings. The molecular weight excluding hydrogens is 276 g/mol. The van der Waals surface area contributed by atoms with Gasteiger partial charge in [-0.15, -0.1) is 5.10 Å². The van der Waals surface area contributed by atoms with E-state index in [1.54, 1.807) is 20.7 Å². The summed E-state index contributed by atoms with van der Waals surface area (Å²) in [5.41, 5.74) is 5.73. The molecule has 1 saturated heterocycles. The van der Waals surface area contributed by atoms with Crippen LogP contribution in [0.5, 0.6) is 0 Å².